The van der Waals surface area contributed by atoms with Gasteiger partial charge in [0.15, 0.2) is 0 Å². The number of ketones is 1. The zero-order valence-corrected chi connectivity index (χ0v) is 6.15. The highest BCUT2D eigenvalue weighted by Crippen LogP contribution is 2.06. The van der Waals surface area contributed by atoms with Crippen molar-refractivity contribution in [2.24, 2.45) is 5.92 Å². The number of Topliss-reactive ketones (excluding diaryl/α,β-unsaturated/α-hetero) is 1. The topological polar surface area (TPSA) is 74.6 Å². The number of hydrogen-bond donors (Lipinski definition) is 2. The second-order valence-corrected chi connectivity index (χ2v) is 2.15. The van der Waals surface area contributed by atoms with Gasteiger partial charge in [-0.25, -0.2) is 0 Å². The SMILES string of the molecule is C=CC(O)C(C(C)=O)C(=O)O. The molecule has 0 aliphatic rings. The minimum Gasteiger partial charge on any atom is -0.481 e. The fourth-order valence-corrected chi connectivity index (χ4v) is 0.697. The van der Waals surface area contributed by atoms with Gasteiger partial charge in [-0.05, 0) is 6.92 Å². The number of carbonyl (C=O) groups is 2. The van der Waals surface area contributed by atoms with Crippen LogP contribution in [0.15, 0.2) is 12.7 Å². The Labute approximate surface area is 64.2 Å². The molecule has 62 valence electrons. The van der Waals surface area contributed by atoms with Crippen LogP contribution in [0.1, 0.15) is 6.92 Å². The van der Waals surface area contributed by atoms with Crippen LogP contribution < -0.4 is 0 Å². The van der Waals surface area contributed by atoms with Crippen LogP contribution in [0.4, 0.5) is 0 Å². The van der Waals surface area contributed by atoms with Crippen LogP contribution in [0.25, 0.3) is 0 Å². The first-order valence-electron chi connectivity index (χ1n) is 3.04. The zero-order valence-electron chi connectivity index (χ0n) is 6.15. The third kappa shape index (κ3) is 2.51. The predicted molar refractivity (Wildman–Crippen MR) is 38.0 cm³/mol. The van der Waals surface area contributed by atoms with Crippen molar-refractivity contribution in [3.8, 4) is 0 Å². The first kappa shape index (κ1) is 9.84. The maximum absolute atomic E-state index is 10.6. The summed E-state index contributed by atoms with van der Waals surface area (Å²) < 4.78 is 0. The number of aliphatic hydroxyl groups is 1. The van der Waals surface area contributed by atoms with E-state index < -0.39 is 23.8 Å². The molecule has 0 fully saturated rings. The highest BCUT2D eigenvalue weighted by molar-refractivity contribution is 5.97. The average Bonchev–Trinajstić information content (AvgIpc) is 1.85. The predicted octanol–water partition coefficient (Wildman–Crippen LogP) is -0.177. The quantitative estimate of drug-likeness (QED) is 0.439. The minimum absolute atomic E-state index is 0.579. The Balaban J connectivity index is 4.46. The van der Waals surface area contributed by atoms with Crippen LogP contribution in [0.5, 0.6) is 0 Å². The molecule has 0 aromatic carbocycles. The fraction of sp³-hybridized carbons (Fsp3) is 0.429. The van der Waals surface area contributed by atoms with Gasteiger partial charge in [0.25, 0.3) is 0 Å². The van der Waals surface area contributed by atoms with E-state index in [1.807, 2.05) is 0 Å². The van der Waals surface area contributed by atoms with E-state index >= 15 is 0 Å². The molecule has 0 bridgehead atoms. The number of carboxylic acid groups (broad SMARTS) is 1. The van der Waals surface area contributed by atoms with E-state index in [-0.39, 0.29) is 0 Å². The van der Waals surface area contributed by atoms with Gasteiger partial charge in [-0.15, -0.1) is 6.58 Å². The maximum atomic E-state index is 10.6. The Kier molecular flexibility index (Phi) is 3.47. The van der Waals surface area contributed by atoms with Crippen LogP contribution in [0.2, 0.25) is 0 Å². The molecule has 0 aromatic heterocycles. The Hall–Kier alpha value is -1.16. The molecule has 0 aliphatic carbocycles. The van der Waals surface area contributed by atoms with Crippen molar-refractivity contribution in [2.45, 2.75) is 13.0 Å². The summed E-state index contributed by atoms with van der Waals surface area (Å²) >= 11 is 0. The maximum Gasteiger partial charge on any atom is 0.317 e. The van der Waals surface area contributed by atoms with Crippen LogP contribution >= 0.6 is 0 Å². The number of aliphatic hydroxyl groups excluding tert-OH is 1. The minimum atomic E-state index is -1.38. The van der Waals surface area contributed by atoms with E-state index in [0.29, 0.717) is 0 Å². The Morgan fingerprint density at radius 1 is 1.55 bits per heavy atom. The Morgan fingerprint density at radius 3 is 2.09 bits per heavy atom. The third-order valence-electron chi connectivity index (χ3n) is 1.29. The Morgan fingerprint density at radius 2 is 2.00 bits per heavy atom. The molecular weight excluding hydrogens is 148 g/mol. The molecule has 2 unspecified atom stereocenters. The molecule has 0 aliphatic heterocycles. The number of carbonyl (C=O) groups excluding carboxylic acids is 1. The molecule has 0 heterocycles. The molecule has 11 heavy (non-hydrogen) atoms. The molecule has 0 saturated heterocycles. The van der Waals surface area contributed by atoms with Gasteiger partial charge >= 0.3 is 5.97 Å². The Bertz CT molecular complexity index is 171. The highest BCUT2D eigenvalue weighted by Gasteiger charge is 2.28. The van der Waals surface area contributed by atoms with Crippen molar-refractivity contribution in [3.63, 3.8) is 0 Å². The number of rotatable bonds is 4. The summed E-state index contributed by atoms with van der Waals surface area (Å²) in [6.07, 6.45) is -0.273. The summed E-state index contributed by atoms with van der Waals surface area (Å²) in [6.45, 7) is 4.30. The van der Waals surface area contributed by atoms with Crippen molar-refractivity contribution in [1.29, 1.82) is 0 Å². The smallest absolute Gasteiger partial charge is 0.317 e. The van der Waals surface area contributed by atoms with Crippen molar-refractivity contribution in [3.05, 3.63) is 12.7 Å². The van der Waals surface area contributed by atoms with Gasteiger partial charge in [0, 0.05) is 0 Å². The molecule has 0 amide bonds. The molecule has 2 N–H and O–H groups in total. The monoisotopic (exact) mass is 158 g/mol. The lowest BCUT2D eigenvalue weighted by molar-refractivity contribution is -0.149. The average molecular weight is 158 g/mol. The van der Waals surface area contributed by atoms with E-state index in [1.165, 1.54) is 0 Å². The summed E-state index contributed by atoms with van der Waals surface area (Å²) in [5.41, 5.74) is 0. The van der Waals surface area contributed by atoms with Gasteiger partial charge in [-0.3, -0.25) is 9.59 Å². The van der Waals surface area contributed by atoms with Gasteiger partial charge in [-0.2, -0.15) is 0 Å². The molecule has 0 rings (SSSR count). The number of hydrogen-bond acceptors (Lipinski definition) is 3. The van der Waals surface area contributed by atoms with Gasteiger partial charge in [0.2, 0.25) is 0 Å². The second kappa shape index (κ2) is 3.88. The molecule has 0 radical (unpaired) electrons. The van der Waals surface area contributed by atoms with Crippen molar-refractivity contribution < 1.29 is 19.8 Å². The number of carboxylic acids is 1. The molecular formula is C7H10O4. The summed E-state index contributed by atoms with van der Waals surface area (Å²) in [4.78, 5) is 20.9. The zero-order chi connectivity index (χ0) is 9.02. The fourth-order valence-electron chi connectivity index (χ4n) is 0.697. The molecule has 4 nitrogen and oxygen atoms in total. The van der Waals surface area contributed by atoms with Crippen LogP contribution in [0.3, 0.4) is 0 Å². The first-order valence-corrected chi connectivity index (χ1v) is 3.04. The van der Waals surface area contributed by atoms with Gasteiger partial charge in [0.05, 0.1) is 6.10 Å². The summed E-state index contributed by atoms with van der Waals surface area (Å²) in [5.74, 6) is -3.29. The normalized spacial score (nSPS) is 15.1. The van der Waals surface area contributed by atoms with Crippen molar-refractivity contribution in [2.75, 3.05) is 0 Å². The van der Waals surface area contributed by atoms with Crippen molar-refractivity contribution in [1.82, 2.24) is 0 Å². The van der Waals surface area contributed by atoms with Crippen LogP contribution in [-0.2, 0) is 9.59 Å². The van der Waals surface area contributed by atoms with Gasteiger partial charge < -0.3 is 10.2 Å². The van der Waals surface area contributed by atoms with Gasteiger partial charge in [0.1, 0.15) is 11.7 Å². The van der Waals surface area contributed by atoms with E-state index in [4.69, 9.17) is 10.2 Å². The van der Waals surface area contributed by atoms with Crippen LogP contribution in [0, 0.1) is 5.92 Å². The summed E-state index contributed by atoms with van der Waals surface area (Å²) in [7, 11) is 0. The molecule has 0 spiro atoms. The molecule has 2 atom stereocenters. The lowest BCUT2D eigenvalue weighted by atomic mass is 9.99. The largest absolute Gasteiger partial charge is 0.481 e. The van der Waals surface area contributed by atoms with E-state index in [1.54, 1.807) is 0 Å². The van der Waals surface area contributed by atoms with E-state index in [9.17, 15) is 9.59 Å². The number of aliphatic carboxylic acids is 1. The molecule has 0 saturated carbocycles. The first-order chi connectivity index (χ1) is 5.00. The third-order valence-corrected chi connectivity index (χ3v) is 1.29. The van der Waals surface area contributed by atoms with Crippen molar-refractivity contribution >= 4 is 11.8 Å². The molecule has 4 heteroatoms. The standard InChI is InChI=1S/C7H10O4/c1-3-5(9)6(4(2)8)7(10)11/h3,5-6,9H,1H2,2H3,(H,10,11). The van der Waals surface area contributed by atoms with E-state index in [2.05, 4.69) is 6.58 Å². The lowest BCUT2D eigenvalue weighted by Crippen LogP contribution is -2.32. The van der Waals surface area contributed by atoms with Crippen LogP contribution in [-0.4, -0.2) is 28.1 Å². The summed E-state index contributed by atoms with van der Waals surface area (Å²) in [5, 5.41) is 17.4. The lowest BCUT2D eigenvalue weighted by Gasteiger charge is -2.11. The second-order valence-electron chi connectivity index (χ2n) is 2.15. The van der Waals surface area contributed by atoms with Gasteiger partial charge in [-0.1, -0.05) is 6.08 Å². The van der Waals surface area contributed by atoms with E-state index in [0.717, 1.165) is 13.0 Å². The highest BCUT2D eigenvalue weighted by atomic mass is 16.4. The molecule has 0 aromatic rings. The summed E-state index contributed by atoms with van der Waals surface area (Å²) in [6, 6.07) is 0.